The van der Waals surface area contributed by atoms with E-state index in [0.29, 0.717) is 11.6 Å². The van der Waals surface area contributed by atoms with Crippen LogP contribution in [0, 0.1) is 0 Å². The van der Waals surface area contributed by atoms with Gasteiger partial charge in [-0.1, -0.05) is 35.9 Å². The molecule has 1 aromatic heterocycles. The van der Waals surface area contributed by atoms with E-state index in [1.54, 1.807) is 17.9 Å². The van der Waals surface area contributed by atoms with Crippen molar-refractivity contribution in [3.8, 4) is 16.9 Å². The average Bonchev–Trinajstić information content (AvgIpc) is 2.59. The van der Waals surface area contributed by atoms with Crippen LogP contribution in [0.5, 0.6) is 5.75 Å². The van der Waals surface area contributed by atoms with Crippen molar-refractivity contribution in [1.29, 1.82) is 0 Å². The molecule has 2 aromatic carbocycles. The van der Waals surface area contributed by atoms with Gasteiger partial charge >= 0.3 is 5.69 Å². The van der Waals surface area contributed by atoms with E-state index in [4.69, 9.17) is 16.3 Å². The topological polar surface area (TPSA) is 44.1 Å². The van der Waals surface area contributed by atoms with Crippen molar-refractivity contribution in [2.45, 2.75) is 6.54 Å². The van der Waals surface area contributed by atoms with E-state index in [0.717, 1.165) is 22.4 Å². The van der Waals surface area contributed by atoms with Gasteiger partial charge in [-0.15, -0.1) is 0 Å². The first-order chi connectivity index (χ1) is 11.2. The zero-order valence-corrected chi connectivity index (χ0v) is 13.3. The van der Waals surface area contributed by atoms with E-state index in [1.165, 1.54) is 0 Å². The third kappa shape index (κ3) is 3.60. The zero-order valence-electron chi connectivity index (χ0n) is 12.6. The lowest BCUT2D eigenvalue weighted by atomic mass is 10.1. The van der Waals surface area contributed by atoms with E-state index >= 15 is 0 Å². The van der Waals surface area contributed by atoms with Gasteiger partial charge in [0.2, 0.25) is 0 Å². The average molecular weight is 327 g/mol. The van der Waals surface area contributed by atoms with E-state index in [1.807, 2.05) is 54.7 Å². The molecule has 0 N–H and O–H groups in total. The van der Waals surface area contributed by atoms with Gasteiger partial charge in [0, 0.05) is 23.0 Å². The molecule has 0 fully saturated rings. The first-order valence-corrected chi connectivity index (χ1v) is 7.49. The fraction of sp³-hybridized carbons (Fsp3) is 0.111. The first-order valence-electron chi connectivity index (χ1n) is 7.11. The van der Waals surface area contributed by atoms with Crippen LogP contribution in [0.4, 0.5) is 0 Å². The molecule has 0 amide bonds. The molecule has 0 aliphatic rings. The van der Waals surface area contributed by atoms with Gasteiger partial charge in [-0.2, -0.15) is 0 Å². The van der Waals surface area contributed by atoms with Crippen LogP contribution in [0.2, 0.25) is 5.02 Å². The van der Waals surface area contributed by atoms with E-state index < -0.39 is 0 Å². The summed E-state index contributed by atoms with van der Waals surface area (Å²) in [6.45, 7) is 0.451. The van der Waals surface area contributed by atoms with Gasteiger partial charge in [-0.05, 0) is 35.4 Å². The van der Waals surface area contributed by atoms with Gasteiger partial charge in [-0.25, -0.2) is 9.78 Å². The molecule has 0 saturated heterocycles. The maximum absolute atomic E-state index is 12.0. The van der Waals surface area contributed by atoms with Crippen molar-refractivity contribution in [2.24, 2.45) is 0 Å². The molecule has 0 unspecified atom stereocenters. The zero-order chi connectivity index (χ0) is 16.2. The summed E-state index contributed by atoms with van der Waals surface area (Å²) in [5.41, 5.74) is 2.56. The van der Waals surface area contributed by atoms with Crippen LogP contribution < -0.4 is 10.4 Å². The minimum atomic E-state index is -0.280. The lowest BCUT2D eigenvalue weighted by molar-refractivity contribution is 0.415. The summed E-state index contributed by atoms with van der Waals surface area (Å²) < 4.78 is 6.74. The Labute approximate surface area is 139 Å². The summed E-state index contributed by atoms with van der Waals surface area (Å²) in [7, 11) is 1.63. The molecule has 0 aliphatic heterocycles. The van der Waals surface area contributed by atoms with Gasteiger partial charge < -0.3 is 4.74 Å². The molecular weight excluding hydrogens is 312 g/mol. The van der Waals surface area contributed by atoms with Crippen molar-refractivity contribution < 1.29 is 4.74 Å². The van der Waals surface area contributed by atoms with Crippen molar-refractivity contribution >= 4 is 11.6 Å². The van der Waals surface area contributed by atoms with Crippen LogP contribution in [-0.2, 0) is 6.54 Å². The number of rotatable bonds is 4. The molecular formula is C18H15ClN2O2. The van der Waals surface area contributed by atoms with E-state index in [-0.39, 0.29) is 5.69 Å². The van der Waals surface area contributed by atoms with Crippen LogP contribution in [0.15, 0.2) is 65.7 Å². The second kappa shape index (κ2) is 6.67. The predicted octanol–water partition coefficient (Wildman–Crippen LogP) is 3.62. The standard InChI is InChI=1S/C18H15ClN2O2/c1-23-17-8-4-14(5-9-17)15-10-20-18(22)21(12-15)11-13-2-6-16(19)7-3-13/h2-10,12H,11H2,1H3. The van der Waals surface area contributed by atoms with Crippen molar-refractivity contribution in [1.82, 2.24) is 9.55 Å². The highest BCUT2D eigenvalue weighted by molar-refractivity contribution is 6.30. The van der Waals surface area contributed by atoms with Crippen LogP contribution in [0.1, 0.15) is 5.56 Å². The lowest BCUT2D eigenvalue weighted by Gasteiger charge is -2.08. The summed E-state index contributed by atoms with van der Waals surface area (Å²) in [6.07, 6.45) is 3.40. The normalized spacial score (nSPS) is 10.5. The van der Waals surface area contributed by atoms with Gasteiger partial charge in [0.05, 0.1) is 13.7 Å². The summed E-state index contributed by atoms with van der Waals surface area (Å²) in [4.78, 5) is 15.9. The molecule has 1 heterocycles. The fourth-order valence-electron chi connectivity index (χ4n) is 2.29. The highest BCUT2D eigenvalue weighted by Gasteiger charge is 2.04. The minimum absolute atomic E-state index is 0.280. The SMILES string of the molecule is COc1ccc(-c2cnc(=O)n(Cc3ccc(Cl)cc3)c2)cc1. The van der Waals surface area contributed by atoms with Crippen LogP contribution in [0.25, 0.3) is 11.1 Å². The molecule has 4 nitrogen and oxygen atoms in total. The first kappa shape index (κ1) is 15.3. The van der Waals surface area contributed by atoms with Crippen LogP contribution >= 0.6 is 11.6 Å². The molecule has 0 radical (unpaired) electrons. The van der Waals surface area contributed by atoms with E-state index in [2.05, 4.69) is 4.98 Å². The van der Waals surface area contributed by atoms with Crippen LogP contribution in [-0.4, -0.2) is 16.7 Å². The van der Waals surface area contributed by atoms with Crippen molar-refractivity contribution in [2.75, 3.05) is 7.11 Å². The van der Waals surface area contributed by atoms with Crippen LogP contribution in [0.3, 0.4) is 0 Å². The Morgan fingerprint density at radius 3 is 2.39 bits per heavy atom. The highest BCUT2D eigenvalue weighted by Crippen LogP contribution is 2.21. The molecule has 0 aliphatic carbocycles. The number of aromatic nitrogens is 2. The predicted molar refractivity (Wildman–Crippen MR) is 91.0 cm³/mol. The second-order valence-electron chi connectivity index (χ2n) is 5.11. The van der Waals surface area contributed by atoms with Gasteiger partial charge in [-0.3, -0.25) is 4.57 Å². The second-order valence-corrected chi connectivity index (χ2v) is 5.54. The number of methoxy groups -OCH3 is 1. The smallest absolute Gasteiger partial charge is 0.347 e. The molecule has 23 heavy (non-hydrogen) atoms. The highest BCUT2D eigenvalue weighted by atomic mass is 35.5. The maximum atomic E-state index is 12.0. The molecule has 0 saturated carbocycles. The number of benzene rings is 2. The number of nitrogens with zero attached hydrogens (tertiary/aromatic N) is 2. The van der Waals surface area contributed by atoms with Gasteiger partial charge in [0.1, 0.15) is 5.75 Å². The summed E-state index contributed by atoms with van der Waals surface area (Å²) in [6, 6.07) is 15.0. The summed E-state index contributed by atoms with van der Waals surface area (Å²) in [5, 5.41) is 0.672. The summed E-state index contributed by atoms with van der Waals surface area (Å²) >= 11 is 5.88. The van der Waals surface area contributed by atoms with E-state index in [9.17, 15) is 4.79 Å². The largest absolute Gasteiger partial charge is 0.497 e. The maximum Gasteiger partial charge on any atom is 0.347 e. The van der Waals surface area contributed by atoms with Gasteiger partial charge in [0.25, 0.3) is 0 Å². The molecule has 3 aromatic rings. The Bertz CT molecular complexity index is 855. The number of hydrogen-bond donors (Lipinski definition) is 0. The van der Waals surface area contributed by atoms with Crippen molar-refractivity contribution in [3.63, 3.8) is 0 Å². The number of ether oxygens (including phenoxy) is 1. The summed E-state index contributed by atoms with van der Waals surface area (Å²) in [5.74, 6) is 0.788. The van der Waals surface area contributed by atoms with Crippen molar-refractivity contribution in [3.05, 3.63) is 82.0 Å². The molecule has 116 valence electrons. The molecule has 0 atom stereocenters. The Morgan fingerprint density at radius 2 is 1.74 bits per heavy atom. The third-order valence-corrected chi connectivity index (χ3v) is 3.80. The monoisotopic (exact) mass is 326 g/mol. The molecule has 0 bridgehead atoms. The molecule has 3 rings (SSSR count). The Balaban J connectivity index is 1.91. The fourth-order valence-corrected chi connectivity index (χ4v) is 2.41. The minimum Gasteiger partial charge on any atom is -0.497 e. The number of halogens is 1. The molecule has 5 heteroatoms. The van der Waals surface area contributed by atoms with Gasteiger partial charge in [0.15, 0.2) is 0 Å². The third-order valence-electron chi connectivity index (χ3n) is 3.54. The Morgan fingerprint density at radius 1 is 1.04 bits per heavy atom. The number of hydrogen-bond acceptors (Lipinski definition) is 3. The Hall–Kier alpha value is -2.59. The molecule has 0 spiro atoms. The lowest BCUT2D eigenvalue weighted by Crippen LogP contribution is -2.22. The quantitative estimate of drug-likeness (QED) is 0.735. The Kier molecular flexibility index (Phi) is 4.44.